The Morgan fingerprint density at radius 2 is 2.21 bits per heavy atom. The van der Waals surface area contributed by atoms with Gasteiger partial charge in [-0.2, -0.15) is 0 Å². The highest BCUT2D eigenvalue weighted by molar-refractivity contribution is 5.35. The monoisotopic (exact) mass is 261 g/mol. The van der Waals surface area contributed by atoms with Gasteiger partial charge in [-0.05, 0) is 50.0 Å². The summed E-state index contributed by atoms with van der Waals surface area (Å²) < 4.78 is 5.41. The van der Waals surface area contributed by atoms with E-state index in [0.29, 0.717) is 11.3 Å². The number of ether oxygens (including phenoxy) is 1. The highest BCUT2D eigenvalue weighted by Gasteiger charge is 2.40. The van der Waals surface area contributed by atoms with Crippen molar-refractivity contribution in [1.82, 2.24) is 4.90 Å². The standard InChI is InChI=1S/C17H27NO/c1-5-9-17(10-11-18(3)13-14(17)2)15-7-6-8-16(12-15)19-4/h6-8,12,14H,5,9-11,13H2,1-4H3. The lowest BCUT2D eigenvalue weighted by molar-refractivity contribution is 0.112. The molecule has 0 amide bonds. The van der Waals surface area contributed by atoms with Crippen LogP contribution in [-0.2, 0) is 5.41 Å². The Bertz CT molecular complexity index is 417. The average Bonchev–Trinajstić information content (AvgIpc) is 2.42. The molecule has 0 saturated carbocycles. The molecule has 1 aliphatic rings. The first-order valence-electron chi connectivity index (χ1n) is 7.45. The Kier molecular flexibility index (Phi) is 4.51. The summed E-state index contributed by atoms with van der Waals surface area (Å²) in [6.07, 6.45) is 3.77. The van der Waals surface area contributed by atoms with Crippen molar-refractivity contribution in [2.45, 2.75) is 38.5 Å². The lowest BCUT2D eigenvalue weighted by Crippen LogP contribution is -2.47. The fourth-order valence-electron chi connectivity index (χ4n) is 3.69. The Balaban J connectivity index is 2.37. The molecule has 0 N–H and O–H groups in total. The molecule has 1 saturated heterocycles. The van der Waals surface area contributed by atoms with E-state index < -0.39 is 0 Å². The molecule has 1 aromatic carbocycles. The number of benzene rings is 1. The van der Waals surface area contributed by atoms with Crippen molar-refractivity contribution in [1.29, 1.82) is 0 Å². The van der Waals surface area contributed by atoms with E-state index >= 15 is 0 Å². The van der Waals surface area contributed by atoms with E-state index in [1.54, 1.807) is 7.11 Å². The quantitative estimate of drug-likeness (QED) is 0.819. The highest BCUT2D eigenvalue weighted by atomic mass is 16.5. The molecule has 0 radical (unpaired) electrons. The van der Waals surface area contributed by atoms with Gasteiger partial charge in [-0.1, -0.05) is 32.4 Å². The summed E-state index contributed by atoms with van der Waals surface area (Å²) in [5.74, 6) is 1.68. The van der Waals surface area contributed by atoms with Crippen LogP contribution in [0.4, 0.5) is 0 Å². The zero-order valence-electron chi connectivity index (χ0n) is 12.8. The van der Waals surface area contributed by atoms with Gasteiger partial charge >= 0.3 is 0 Å². The van der Waals surface area contributed by atoms with Gasteiger partial charge in [0.1, 0.15) is 5.75 Å². The van der Waals surface area contributed by atoms with Gasteiger partial charge in [0.25, 0.3) is 0 Å². The van der Waals surface area contributed by atoms with Gasteiger partial charge in [-0.3, -0.25) is 0 Å². The first-order chi connectivity index (χ1) is 9.12. The van der Waals surface area contributed by atoms with E-state index in [0.717, 1.165) is 5.75 Å². The highest BCUT2D eigenvalue weighted by Crippen LogP contribution is 2.43. The molecule has 1 aromatic rings. The molecular weight excluding hydrogens is 234 g/mol. The van der Waals surface area contributed by atoms with E-state index in [2.05, 4.69) is 44.0 Å². The molecule has 1 heterocycles. The summed E-state index contributed by atoms with van der Waals surface area (Å²) in [4.78, 5) is 2.46. The number of hydrogen-bond acceptors (Lipinski definition) is 2. The van der Waals surface area contributed by atoms with Crippen LogP contribution in [0.2, 0.25) is 0 Å². The summed E-state index contributed by atoms with van der Waals surface area (Å²) in [5, 5.41) is 0. The van der Waals surface area contributed by atoms with Crippen LogP contribution in [-0.4, -0.2) is 32.1 Å². The molecule has 0 bridgehead atoms. The normalized spacial score (nSPS) is 28.3. The van der Waals surface area contributed by atoms with E-state index in [1.165, 1.54) is 37.9 Å². The maximum Gasteiger partial charge on any atom is 0.119 e. The number of methoxy groups -OCH3 is 1. The van der Waals surface area contributed by atoms with Crippen LogP contribution in [0.1, 0.15) is 38.7 Å². The number of piperidine rings is 1. The van der Waals surface area contributed by atoms with Gasteiger partial charge in [0.15, 0.2) is 0 Å². The molecule has 2 atom stereocenters. The molecule has 2 heteroatoms. The van der Waals surface area contributed by atoms with Gasteiger partial charge in [0.2, 0.25) is 0 Å². The van der Waals surface area contributed by atoms with Crippen LogP contribution in [0, 0.1) is 5.92 Å². The van der Waals surface area contributed by atoms with Crippen LogP contribution >= 0.6 is 0 Å². The molecule has 106 valence electrons. The molecule has 19 heavy (non-hydrogen) atoms. The molecule has 0 aliphatic carbocycles. The van der Waals surface area contributed by atoms with Crippen molar-refractivity contribution >= 4 is 0 Å². The third-order valence-electron chi connectivity index (χ3n) is 4.81. The third kappa shape index (κ3) is 2.79. The predicted octanol–water partition coefficient (Wildman–Crippen LogP) is 3.70. The number of rotatable bonds is 4. The Labute approximate surface area is 117 Å². The van der Waals surface area contributed by atoms with E-state index in [4.69, 9.17) is 4.74 Å². The molecule has 1 fully saturated rings. The molecule has 2 nitrogen and oxygen atoms in total. The second kappa shape index (κ2) is 5.96. The van der Waals surface area contributed by atoms with Gasteiger partial charge in [-0.25, -0.2) is 0 Å². The first kappa shape index (κ1) is 14.4. The van der Waals surface area contributed by atoms with Gasteiger partial charge in [-0.15, -0.1) is 0 Å². The number of hydrogen-bond donors (Lipinski definition) is 0. The molecular formula is C17H27NO. The second-order valence-corrected chi connectivity index (χ2v) is 6.05. The fourth-order valence-corrected chi connectivity index (χ4v) is 3.69. The van der Waals surface area contributed by atoms with E-state index in [1.807, 2.05) is 6.07 Å². The largest absolute Gasteiger partial charge is 0.497 e. The second-order valence-electron chi connectivity index (χ2n) is 6.05. The maximum atomic E-state index is 5.41. The minimum atomic E-state index is 0.329. The minimum Gasteiger partial charge on any atom is -0.497 e. The fraction of sp³-hybridized carbons (Fsp3) is 0.647. The smallest absolute Gasteiger partial charge is 0.119 e. The Hall–Kier alpha value is -1.02. The Morgan fingerprint density at radius 3 is 2.84 bits per heavy atom. The molecule has 1 aliphatic heterocycles. The van der Waals surface area contributed by atoms with Crippen molar-refractivity contribution in [3.05, 3.63) is 29.8 Å². The lowest BCUT2D eigenvalue weighted by atomic mass is 9.64. The molecule has 0 spiro atoms. The van der Waals surface area contributed by atoms with Gasteiger partial charge < -0.3 is 9.64 Å². The van der Waals surface area contributed by atoms with Crippen LogP contribution < -0.4 is 4.74 Å². The topological polar surface area (TPSA) is 12.5 Å². The summed E-state index contributed by atoms with van der Waals surface area (Å²) in [6.45, 7) is 7.09. The van der Waals surface area contributed by atoms with Crippen LogP contribution in [0.25, 0.3) is 0 Å². The van der Waals surface area contributed by atoms with Crippen molar-refractivity contribution < 1.29 is 4.74 Å². The molecule has 2 unspecified atom stereocenters. The third-order valence-corrected chi connectivity index (χ3v) is 4.81. The van der Waals surface area contributed by atoms with Crippen molar-refractivity contribution in [3.8, 4) is 5.75 Å². The van der Waals surface area contributed by atoms with Crippen molar-refractivity contribution in [3.63, 3.8) is 0 Å². The van der Waals surface area contributed by atoms with Gasteiger partial charge in [0, 0.05) is 12.0 Å². The minimum absolute atomic E-state index is 0.329. The lowest BCUT2D eigenvalue weighted by Gasteiger charge is -2.46. The van der Waals surface area contributed by atoms with Crippen LogP contribution in [0.5, 0.6) is 5.75 Å². The molecule has 2 rings (SSSR count). The summed E-state index contributed by atoms with van der Waals surface area (Å²) >= 11 is 0. The Morgan fingerprint density at radius 1 is 1.42 bits per heavy atom. The molecule has 0 aromatic heterocycles. The average molecular weight is 261 g/mol. The van der Waals surface area contributed by atoms with Crippen LogP contribution in [0.15, 0.2) is 24.3 Å². The zero-order chi connectivity index (χ0) is 13.9. The van der Waals surface area contributed by atoms with Gasteiger partial charge in [0.05, 0.1) is 7.11 Å². The summed E-state index contributed by atoms with van der Waals surface area (Å²) in [7, 11) is 3.99. The SMILES string of the molecule is CCCC1(c2cccc(OC)c2)CCN(C)CC1C. The van der Waals surface area contributed by atoms with Crippen LogP contribution in [0.3, 0.4) is 0 Å². The van der Waals surface area contributed by atoms with E-state index in [9.17, 15) is 0 Å². The van der Waals surface area contributed by atoms with Crippen molar-refractivity contribution in [2.75, 3.05) is 27.2 Å². The van der Waals surface area contributed by atoms with Crippen molar-refractivity contribution in [2.24, 2.45) is 5.92 Å². The maximum absolute atomic E-state index is 5.41. The van der Waals surface area contributed by atoms with E-state index in [-0.39, 0.29) is 0 Å². The number of nitrogens with zero attached hydrogens (tertiary/aromatic N) is 1. The first-order valence-corrected chi connectivity index (χ1v) is 7.45. The zero-order valence-corrected chi connectivity index (χ0v) is 12.8. The predicted molar refractivity (Wildman–Crippen MR) is 80.9 cm³/mol. The summed E-state index contributed by atoms with van der Waals surface area (Å²) in [5.41, 5.74) is 1.80. The summed E-state index contributed by atoms with van der Waals surface area (Å²) in [6, 6.07) is 8.72. The number of likely N-dealkylation sites (tertiary alicyclic amines) is 1.